The zero-order chi connectivity index (χ0) is 27.5. The number of hydrogen-bond acceptors (Lipinski definition) is 5. The molecule has 0 bridgehead atoms. The van der Waals surface area contributed by atoms with Crippen molar-refractivity contribution < 1.29 is 36.2 Å². The Morgan fingerprint density at radius 3 is 2.13 bits per heavy atom. The number of nitrogens with one attached hydrogen (secondary N) is 1. The third-order valence-electron chi connectivity index (χ3n) is 6.43. The molecule has 1 fully saturated rings. The van der Waals surface area contributed by atoms with Crippen LogP contribution in [0.4, 0.5) is 26.3 Å². The van der Waals surface area contributed by atoms with Crippen LogP contribution in [0.2, 0.25) is 0 Å². The molecule has 1 aliphatic heterocycles. The number of alkyl halides is 6. The smallest absolute Gasteiger partial charge is 0.393 e. The van der Waals surface area contributed by atoms with Crippen molar-refractivity contribution in [1.29, 1.82) is 0 Å². The highest BCUT2D eigenvalue weighted by atomic mass is 19.4. The van der Waals surface area contributed by atoms with Crippen LogP contribution in [-0.2, 0) is 30.4 Å². The molecule has 1 saturated heterocycles. The summed E-state index contributed by atoms with van der Waals surface area (Å²) in [6.45, 7) is 0.457. The Hall–Kier alpha value is -3.16. The van der Waals surface area contributed by atoms with E-state index in [2.05, 4.69) is 15.1 Å². The van der Waals surface area contributed by atoms with Gasteiger partial charge in [0.25, 0.3) is 0 Å². The first-order chi connectivity index (χ1) is 18.0. The lowest BCUT2D eigenvalue weighted by molar-refractivity contribution is -0.142. The van der Waals surface area contributed by atoms with E-state index in [0.717, 1.165) is 49.1 Å². The Bertz CT molecular complexity index is 1250. The molecule has 7 nitrogen and oxygen atoms in total. The monoisotopic (exact) mass is 544 g/mol. The highest BCUT2D eigenvalue weighted by molar-refractivity contribution is 5.73. The van der Waals surface area contributed by atoms with E-state index >= 15 is 0 Å². The molecule has 2 aromatic carbocycles. The van der Waals surface area contributed by atoms with E-state index in [4.69, 9.17) is 4.74 Å². The zero-order valence-electron chi connectivity index (χ0n) is 20.1. The van der Waals surface area contributed by atoms with Crippen molar-refractivity contribution in [3.05, 3.63) is 75.5 Å². The fourth-order valence-corrected chi connectivity index (χ4v) is 4.55. The highest BCUT2D eigenvalue weighted by Crippen LogP contribution is 2.46. The van der Waals surface area contributed by atoms with Crippen molar-refractivity contribution in [1.82, 2.24) is 19.7 Å². The minimum atomic E-state index is -5.13. The van der Waals surface area contributed by atoms with E-state index in [0.29, 0.717) is 24.5 Å². The first-order valence-corrected chi connectivity index (χ1v) is 12.0. The van der Waals surface area contributed by atoms with Gasteiger partial charge in [-0.05, 0) is 49.2 Å². The van der Waals surface area contributed by atoms with Gasteiger partial charge in [-0.1, -0.05) is 36.8 Å². The van der Waals surface area contributed by atoms with Crippen molar-refractivity contribution in [2.24, 2.45) is 0 Å². The second-order valence-electron chi connectivity index (χ2n) is 9.03. The Balaban J connectivity index is 1.69. The van der Waals surface area contributed by atoms with E-state index in [1.165, 1.54) is 18.2 Å². The molecule has 0 aliphatic carbocycles. The molecule has 2 heterocycles. The van der Waals surface area contributed by atoms with Crippen LogP contribution < -0.4 is 5.69 Å². The Morgan fingerprint density at radius 1 is 0.974 bits per heavy atom. The molecule has 2 N–H and O–H groups in total. The molecule has 0 spiro atoms. The van der Waals surface area contributed by atoms with Crippen LogP contribution in [0.1, 0.15) is 47.9 Å². The summed E-state index contributed by atoms with van der Waals surface area (Å²) in [5.41, 5.74) is -5.47. The number of rotatable bonds is 8. The number of piperidine rings is 1. The van der Waals surface area contributed by atoms with Crippen LogP contribution in [0.25, 0.3) is 11.1 Å². The summed E-state index contributed by atoms with van der Waals surface area (Å²) >= 11 is 0. The summed E-state index contributed by atoms with van der Waals surface area (Å²) in [5.74, 6) is 0.306. The van der Waals surface area contributed by atoms with Gasteiger partial charge in [-0.2, -0.15) is 31.4 Å². The van der Waals surface area contributed by atoms with Gasteiger partial charge in [0, 0.05) is 5.56 Å². The molecular formula is C25H26F6N4O3. The standard InChI is InChI=1S/C25H26F6N4O3/c26-24(27,28)18-11-17(12-19(25(29,30)31)22(18)16-7-3-1-4-8-16)20(14-36)38-15-35-21(32-33-23(35)37)13-34-9-5-2-6-10-34/h1,3-4,7-8,11-12,20,36H,2,5-6,9-10,13-15H2,(H,33,37). The molecule has 1 unspecified atom stereocenters. The molecule has 38 heavy (non-hydrogen) atoms. The lowest BCUT2D eigenvalue weighted by Crippen LogP contribution is -2.32. The Labute approximate surface area is 213 Å². The minimum Gasteiger partial charge on any atom is -0.393 e. The zero-order valence-corrected chi connectivity index (χ0v) is 20.1. The number of benzene rings is 2. The van der Waals surface area contributed by atoms with Gasteiger partial charge in [-0.15, -0.1) is 0 Å². The molecule has 1 aromatic heterocycles. The van der Waals surface area contributed by atoms with Crippen molar-refractivity contribution >= 4 is 0 Å². The van der Waals surface area contributed by atoms with Gasteiger partial charge in [0.15, 0.2) is 0 Å². The number of hydrogen-bond donors (Lipinski definition) is 2. The molecule has 206 valence electrons. The van der Waals surface area contributed by atoms with Gasteiger partial charge in [0.2, 0.25) is 0 Å². The van der Waals surface area contributed by atoms with Crippen LogP contribution in [0.5, 0.6) is 0 Å². The molecule has 1 atom stereocenters. The average molecular weight is 544 g/mol. The second kappa shape index (κ2) is 11.3. The SMILES string of the molecule is O=c1[nH]nc(CN2CCCCC2)n1COC(CO)c1cc(C(F)(F)F)c(-c2ccccc2)c(C(F)(F)F)c1. The predicted octanol–water partition coefficient (Wildman–Crippen LogP) is 4.97. The summed E-state index contributed by atoms with van der Waals surface area (Å²) < 4.78 is 90.9. The molecule has 4 rings (SSSR count). The van der Waals surface area contributed by atoms with Gasteiger partial charge < -0.3 is 9.84 Å². The summed E-state index contributed by atoms with van der Waals surface area (Å²) in [6, 6.07) is 7.58. The molecule has 0 amide bonds. The first kappa shape index (κ1) is 27.9. The van der Waals surface area contributed by atoms with Crippen molar-refractivity contribution in [3.8, 4) is 11.1 Å². The Morgan fingerprint density at radius 2 is 1.58 bits per heavy atom. The fraction of sp³-hybridized carbons (Fsp3) is 0.440. The maximum Gasteiger partial charge on any atom is 0.417 e. The average Bonchev–Trinajstić information content (AvgIpc) is 3.22. The van der Waals surface area contributed by atoms with Crippen LogP contribution >= 0.6 is 0 Å². The maximum atomic E-state index is 14.1. The Kier molecular flexibility index (Phi) is 8.28. The number of aliphatic hydroxyl groups is 1. The molecular weight excluding hydrogens is 518 g/mol. The van der Waals surface area contributed by atoms with E-state index < -0.39 is 59.7 Å². The number of aromatic amines is 1. The van der Waals surface area contributed by atoms with Crippen LogP contribution in [0, 0.1) is 0 Å². The summed E-state index contributed by atoms with van der Waals surface area (Å²) in [5, 5.41) is 16.1. The van der Waals surface area contributed by atoms with E-state index in [1.54, 1.807) is 0 Å². The van der Waals surface area contributed by atoms with Crippen molar-refractivity contribution in [2.75, 3.05) is 19.7 Å². The lowest BCUT2D eigenvalue weighted by Gasteiger charge is -2.26. The molecule has 0 saturated carbocycles. The topological polar surface area (TPSA) is 83.4 Å². The third-order valence-corrected chi connectivity index (χ3v) is 6.43. The first-order valence-electron chi connectivity index (χ1n) is 12.0. The summed E-state index contributed by atoms with van der Waals surface area (Å²) in [6.07, 6.45) is -8.78. The molecule has 3 aromatic rings. The fourth-order valence-electron chi connectivity index (χ4n) is 4.55. The molecule has 13 heteroatoms. The molecule has 0 radical (unpaired) electrons. The predicted molar refractivity (Wildman–Crippen MR) is 125 cm³/mol. The highest BCUT2D eigenvalue weighted by Gasteiger charge is 2.42. The van der Waals surface area contributed by atoms with Crippen LogP contribution in [-0.4, -0.2) is 44.5 Å². The van der Waals surface area contributed by atoms with Gasteiger partial charge >= 0.3 is 18.0 Å². The largest absolute Gasteiger partial charge is 0.417 e. The van der Waals surface area contributed by atoms with Gasteiger partial charge in [-0.3, -0.25) is 9.47 Å². The summed E-state index contributed by atoms with van der Waals surface area (Å²) in [7, 11) is 0. The number of nitrogens with zero attached hydrogens (tertiary/aromatic N) is 3. The number of aromatic nitrogens is 3. The van der Waals surface area contributed by atoms with Gasteiger partial charge in [0.05, 0.1) is 24.3 Å². The number of aliphatic hydroxyl groups excluding tert-OH is 1. The number of halogens is 6. The number of H-pyrrole nitrogens is 1. The van der Waals surface area contributed by atoms with Crippen LogP contribution in [0.3, 0.4) is 0 Å². The van der Waals surface area contributed by atoms with E-state index in [-0.39, 0.29) is 5.56 Å². The normalized spacial score (nSPS) is 16.1. The van der Waals surface area contributed by atoms with E-state index in [1.807, 2.05) is 0 Å². The third kappa shape index (κ3) is 6.27. The van der Waals surface area contributed by atoms with Crippen LogP contribution in [0.15, 0.2) is 47.3 Å². The van der Waals surface area contributed by atoms with Gasteiger partial charge in [0.1, 0.15) is 18.7 Å². The number of ether oxygens (including phenoxy) is 1. The maximum absolute atomic E-state index is 14.1. The second-order valence-corrected chi connectivity index (χ2v) is 9.03. The van der Waals surface area contributed by atoms with Crippen molar-refractivity contribution in [3.63, 3.8) is 0 Å². The summed E-state index contributed by atoms with van der Waals surface area (Å²) in [4.78, 5) is 14.4. The quantitative estimate of drug-likeness (QED) is 0.392. The van der Waals surface area contributed by atoms with Gasteiger partial charge in [-0.25, -0.2) is 9.89 Å². The lowest BCUT2D eigenvalue weighted by atomic mass is 9.90. The number of likely N-dealkylation sites (tertiary alicyclic amines) is 1. The minimum absolute atomic E-state index is 0.257. The van der Waals surface area contributed by atoms with Crippen molar-refractivity contribution in [2.45, 2.75) is 51.0 Å². The van der Waals surface area contributed by atoms with E-state index in [9.17, 15) is 36.2 Å². The molecule has 1 aliphatic rings.